The highest BCUT2D eigenvalue weighted by atomic mass is 19.1. The predicted molar refractivity (Wildman–Crippen MR) is 106 cm³/mol. The molecule has 0 atom stereocenters. The van der Waals surface area contributed by atoms with Crippen molar-refractivity contribution in [3.05, 3.63) is 95.1 Å². The van der Waals surface area contributed by atoms with Crippen molar-refractivity contribution in [2.24, 2.45) is 0 Å². The lowest BCUT2D eigenvalue weighted by atomic mass is 10.1. The molecule has 0 aliphatic heterocycles. The molecule has 0 bridgehead atoms. The largest absolute Gasteiger partial charge is 0.348 e. The lowest BCUT2D eigenvalue weighted by Gasteiger charge is -2.08. The van der Waals surface area contributed by atoms with Crippen LogP contribution in [0.1, 0.15) is 43.7 Å². The van der Waals surface area contributed by atoms with Crippen LogP contribution in [0.3, 0.4) is 0 Å². The molecule has 2 aromatic carbocycles. The summed E-state index contributed by atoms with van der Waals surface area (Å²) in [5, 5.41) is 5.28. The van der Waals surface area contributed by atoms with E-state index in [9.17, 15) is 18.8 Å². The van der Waals surface area contributed by atoms with Crippen LogP contribution in [-0.2, 0) is 6.54 Å². The van der Waals surface area contributed by atoms with Gasteiger partial charge in [0.05, 0.1) is 0 Å². The summed E-state index contributed by atoms with van der Waals surface area (Å²) in [6.07, 6.45) is 1.35. The molecule has 3 rings (SSSR count). The second-order valence-electron chi connectivity index (χ2n) is 6.29. The Morgan fingerprint density at radius 3 is 2.34 bits per heavy atom. The summed E-state index contributed by atoms with van der Waals surface area (Å²) in [6.45, 7) is 1.48. The van der Waals surface area contributed by atoms with E-state index in [1.807, 2.05) is 0 Å². The molecule has 1 heterocycles. The SMILES string of the molecule is CC(=O)c1ccc(NC(=O)c2cc(C(=O)NCc3ccccc3F)ccn2)cc1. The number of aromatic nitrogens is 1. The maximum Gasteiger partial charge on any atom is 0.274 e. The van der Waals surface area contributed by atoms with Crippen molar-refractivity contribution in [3.63, 3.8) is 0 Å². The van der Waals surface area contributed by atoms with Gasteiger partial charge in [-0.15, -0.1) is 0 Å². The van der Waals surface area contributed by atoms with E-state index in [0.717, 1.165) is 0 Å². The average Bonchev–Trinajstić information content (AvgIpc) is 2.73. The molecule has 0 saturated heterocycles. The number of amides is 2. The van der Waals surface area contributed by atoms with Crippen LogP contribution in [0.2, 0.25) is 0 Å². The van der Waals surface area contributed by atoms with E-state index in [4.69, 9.17) is 0 Å². The van der Waals surface area contributed by atoms with Crippen LogP contribution >= 0.6 is 0 Å². The Balaban J connectivity index is 1.66. The Labute approximate surface area is 166 Å². The number of carbonyl (C=O) groups excluding carboxylic acids is 3. The third kappa shape index (κ3) is 5.10. The topological polar surface area (TPSA) is 88.2 Å². The summed E-state index contributed by atoms with van der Waals surface area (Å²) in [4.78, 5) is 40.0. The van der Waals surface area contributed by atoms with Crippen LogP contribution in [0.25, 0.3) is 0 Å². The lowest BCUT2D eigenvalue weighted by molar-refractivity contribution is 0.0949. The molecule has 0 radical (unpaired) electrons. The molecule has 6 nitrogen and oxygen atoms in total. The van der Waals surface area contributed by atoms with Gasteiger partial charge in [-0.25, -0.2) is 4.39 Å². The van der Waals surface area contributed by atoms with Gasteiger partial charge in [0.25, 0.3) is 11.8 Å². The van der Waals surface area contributed by atoms with Crippen LogP contribution in [0.5, 0.6) is 0 Å². The normalized spacial score (nSPS) is 10.3. The first-order valence-electron chi connectivity index (χ1n) is 8.84. The summed E-state index contributed by atoms with van der Waals surface area (Å²) < 4.78 is 13.7. The van der Waals surface area contributed by atoms with E-state index in [-0.39, 0.29) is 23.6 Å². The van der Waals surface area contributed by atoms with Gasteiger partial charge in [-0.1, -0.05) is 18.2 Å². The molecular weight excluding hydrogens is 373 g/mol. The fourth-order valence-electron chi connectivity index (χ4n) is 2.60. The number of nitrogens with one attached hydrogen (secondary N) is 2. The fourth-order valence-corrected chi connectivity index (χ4v) is 2.60. The molecule has 146 valence electrons. The van der Waals surface area contributed by atoms with Crippen molar-refractivity contribution in [2.75, 3.05) is 5.32 Å². The first-order chi connectivity index (χ1) is 13.9. The maximum atomic E-state index is 13.7. The maximum absolute atomic E-state index is 13.7. The number of Topliss-reactive ketones (excluding diaryl/α,β-unsaturated/α-hetero) is 1. The van der Waals surface area contributed by atoms with E-state index < -0.39 is 17.6 Å². The Kier molecular flexibility index (Phi) is 6.09. The number of hydrogen-bond acceptors (Lipinski definition) is 4. The highest BCUT2D eigenvalue weighted by Gasteiger charge is 2.13. The van der Waals surface area contributed by atoms with Crippen LogP contribution in [0.4, 0.5) is 10.1 Å². The number of carbonyl (C=O) groups is 3. The lowest BCUT2D eigenvalue weighted by Crippen LogP contribution is -2.24. The van der Waals surface area contributed by atoms with Crippen molar-refractivity contribution in [2.45, 2.75) is 13.5 Å². The van der Waals surface area contributed by atoms with Crippen molar-refractivity contribution < 1.29 is 18.8 Å². The zero-order valence-electron chi connectivity index (χ0n) is 15.6. The molecule has 3 aromatic rings. The molecule has 1 aromatic heterocycles. The molecule has 0 fully saturated rings. The number of rotatable bonds is 6. The summed E-state index contributed by atoms with van der Waals surface area (Å²) in [5.74, 6) is -1.42. The number of pyridine rings is 1. The Morgan fingerprint density at radius 1 is 0.931 bits per heavy atom. The average molecular weight is 391 g/mol. The smallest absolute Gasteiger partial charge is 0.274 e. The first kappa shape index (κ1) is 19.9. The van der Waals surface area contributed by atoms with Gasteiger partial charge >= 0.3 is 0 Å². The van der Waals surface area contributed by atoms with Gasteiger partial charge < -0.3 is 10.6 Å². The molecule has 2 amide bonds. The van der Waals surface area contributed by atoms with E-state index in [2.05, 4.69) is 15.6 Å². The van der Waals surface area contributed by atoms with Gasteiger partial charge in [-0.05, 0) is 49.4 Å². The van der Waals surface area contributed by atoms with Gasteiger partial charge in [0.2, 0.25) is 0 Å². The molecule has 7 heteroatoms. The quantitative estimate of drug-likeness (QED) is 0.629. The first-order valence-corrected chi connectivity index (χ1v) is 8.84. The van der Waals surface area contributed by atoms with Gasteiger partial charge in [0, 0.05) is 35.1 Å². The zero-order valence-corrected chi connectivity index (χ0v) is 15.6. The third-order valence-corrected chi connectivity index (χ3v) is 4.20. The number of ketones is 1. The summed E-state index contributed by atoms with van der Waals surface area (Å²) >= 11 is 0. The van der Waals surface area contributed by atoms with Gasteiger partial charge in [0.1, 0.15) is 11.5 Å². The molecule has 29 heavy (non-hydrogen) atoms. The van der Waals surface area contributed by atoms with Crippen LogP contribution in [-0.4, -0.2) is 22.6 Å². The summed E-state index contributed by atoms with van der Waals surface area (Å²) in [5.41, 5.74) is 1.68. The number of benzene rings is 2. The fraction of sp³-hybridized carbons (Fsp3) is 0.0909. The van der Waals surface area contributed by atoms with Crippen molar-refractivity contribution in [1.29, 1.82) is 0 Å². The minimum absolute atomic E-state index is 0.0257. The monoisotopic (exact) mass is 391 g/mol. The molecular formula is C22H18FN3O3. The molecule has 0 unspecified atom stereocenters. The Morgan fingerprint density at radius 2 is 1.66 bits per heavy atom. The van der Waals surface area contributed by atoms with Gasteiger partial charge in [-0.3, -0.25) is 19.4 Å². The van der Waals surface area contributed by atoms with Crippen LogP contribution in [0.15, 0.2) is 66.9 Å². The minimum atomic E-state index is -0.496. The molecule has 0 aliphatic rings. The minimum Gasteiger partial charge on any atom is -0.348 e. The number of anilines is 1. The molecule has 0 spiro atoms. The van der Waals surface area contributed by atoms with Gasteiger partial charge in [-0.2, -0.15) is 0 Å². The highest BCUT2D eigenvalue weighted by molar-refractivity contribution is 6.05. The second kappa shape index (κ2) is 8.88. The van der Waals surface area contributed by atoms with E-state index >= 15 is 0 Å². The Bertz CT molecular complexity index is 1060. The molecule has 0 aliphatic carbocycles. The van der Waals surface area contributed by atoms with Crippen LogP contribution in [0, 0.1) is 5.82 Å². The van der Waals surface area contributed by atoms with E-state index in [1.165, 1.54) is 31.3 Å². The zero-order chi connectivity index (χ0) is 20.8. The van der Waals surface area contributed by atoms with Crippen molar-refractivity contribution in [3.8, 4) is 0 Å². The van der Waals surface area contributed by atoms with E-state index in [1.54, 1.807) is 42.5 Å². The molecule has 0 saturated carbocycles. The van der Waals surface area contributed by atoms with Crippen molar-refractivity contribution >= 4 is 23.3 Å². The van der Waals surface area contributed by atoms with Crippen molar-refractivity contribution in [1.82, 2.24) is 10.3 Å². The predicted octanol–water partition coefficient (Wildman–Crippen LogP) is 3.61. The second-order valence-corrected chi connectivity index (χ2v) is 6.29. The van der Waals surface area contributed by atoms with Crippen LogP contribution < -0.4 is 10.6 Å². The highest BCUT2D eigenvalue weighted by Crippen LogP contribution is 2.12. The number of nitrogens with zero attached hydrogens (tertiary/aromatic N) is 1. The Hall–Kier alpha value is -3.87. The van der Waals surface area contributed by atoms with E-state index in [0.29, 0.717) is 16.8 Å². The summed E-state index contributed by atoms with van der Waals surface area (Å²) in [6, 6.07) is 15.4. The number of halogens is 1. The standard InChI is InChI=1S/C22H18FN3O3/c1-14(27)15-6-8-18(9-7-15)26-22(29)20-12-16(10-11-24-20)21(28)25-13-17-4-2-3-5-19(17)23/h2-12H,13H2,1H3,(H,25,28)(H,26,29). The number of hydrogen-bond donors (Lipinski definition) is 2. The summed E-state index contributed by atoms with van der Waals surface area (Å²) in [7, 11) is 0. The molecule has 2 N–H and O–H groups in total. The third-order valence-electron chi connectivity index (χ3n) is 4.20. The van der Waals surface area contributed by atoms with Gasteiger partial charge in [0.15, 0.2) is 5.78 Å².